The number of allylic oxidation sites excluding steroid dienone is 2. The molecule has 0 heterocycles. The van der Waals surface area contributed by atoms with Crippen molar-refractivity contribution in [2.75, 3.05) is 0 Å². The van der Waals surface area contributed by atoms with Crippen molar-refractivity contribution in [3.8, 4) is 0 Å². The van der Waals surface area contributed by atoms with Crippen molar-refractivity contribution < 1.29 is 0 Å². The van der Waals surface area contributed by atoms with Gasteiger partial charge in [0, 0.05) is 3.57 Å². The van der Waals surface area contributed by atoms with E-state index in [-0.39, 0.29) is 0 Å². The van der Waals surface area contributed by atoms with E-state index in [9.17, 15) is 0 Å². The topological polar surface area (TPSA) is 0 Å². The van der Waals surface area contributed by atoms with Crippen LogP contribution in [0.2, 0.25) is 0 Å². The highest BCUT2D eigenvalue weighted by molar-refractivity contribution is 14.1. The van der Waals surface area contributed by atoms with Gasteiger partial charge in [-0.2, -0.15) is 0 Å². The number of unbranched alkanes of at least 4 members (excludes halogenated alkanes) is 1. The van der Waals surface area contributed by atoms with Gasteiger partial charge in [0.25, 0.3) is 0 Å². The fourth-order valence-electron chi connectivity index (χ4n) is 1.30. The first kappa shape index (κ1) is 11.8. The quantitative estimate of drug-likeness (QED) is 0.551. The highest BCUT2D eigenvalue weighted by atomic mass is 127. The molecule has 0 aliphatic heterocycles. The van der Waals surface area contributed by atoms with Gasteiger partial charge in [0.15, 0.2) is 0 Å². The molecule has 0 unspecified atom stereocenters. The second-order valence-corrected chi connectivity index (χ2v) is 4.67. The van der Waals surface area contributed by atoms with Crippen molar-refractivity contribution in [3.05, 3.63) is 45.6 Å². The molecule has 0 radical (unpaired) electrons. The monoisotopic (exact) mass is 300 g/mol. The van der Waals surface area contributed by atoms with Crippen LogP contribution in [0.3, 0.4) is 0 Å². The van der Waals surface area contributed by atoms with Gasteiger partial charge in [-0.15, -0.1) is 0 Å². The molecule has 0 saturated carbocycles. The number of aryl methyl sites for hydroxylation is 1. The molecule has 0 bridgehead atoms. The summed E-state index contributed by atoms with van der Waals surface area (Å²) in [6.45, 7) is 2.21. The molecule has 0 aliphatic rings. The van der Waals surface area contributed by atoms with Crippen molar-refractivity contribution >= 4 is 22.6 Å². The lowest BCUT2D eigenvalue weighted by Crippen LogP contribution is -1.82. The van der Waals surface area contributed by atoms with Gasteiger partial charge in [0.2, 0.25) is 0 Å². The van der Waals surface area contributed by atoms with Gasteiger partial charge in [-0.3, -0.25) is 0 Å². The number of benzene rings is 1. The predicted molar refractivity (Wildman–Crippen MR) is 71.5 cm³/mol. The van der Waals surface area contributed by atoms with Gasteiger partial charge in [-0.25, -0.2) is 0 Å². The molecular formula is C13H17I. The zero-order valence-electron chi connectivity index (χ0n) is 8.67. The average molecular weight is 300 g/mol. The van der Waals surface area contributed by atoms with E-state index in [0.29, 0.717) is 0 Å². The van der Waals surface area contributed by atoms with Crippen LogP contribution in [0, 0.1) is 3.57 Å². The van der Waals surface area contributed by atoms with E-state index in [4.69, 9.17) is 0 Å². The predicted octanol–water partition coefficient (Wildman–Crippen LogP) is 4.58. The molecule has 0 fully saturated rings. The highest BCUT2D eigenvalue weighted by Gasteiger charge is 1.90. The summed E-state index contributed by atoms with van der Waals surface area (Å²) in [5.41, 5.74) is 1.44. The van der Waals surface area contributed by atoms with Gasteiger partial charge >= 0.3 is 0 Å². The summed E-state index contributed by atoms with van der Waals surface area (Å²) in [5, 5.41) is 0. The molecule has 1 rings (SSSR count). The Hall–Kier alpha value is -0.310. The van der Waals surface area contributed by atoms with Crippen molar-refractivity contribution in [1.82, 2.24) is 0 Å². The molecule has 0 spiro atoms. The molecule has 0 atom stereocenters. The van der Waals surface area contributed by atoms with Crippen LogP contribution in [0.4, 0.5) is 0 Å². The molecule has 14 heavy (non-hydrogen) atoms. The first-order valence-corrected chi connectivity index (χ1v) is 6.30. The van der Waals surface area contributed by atoms with Crippen LogP contribution in [-0.2, 0) is 6.42 Å². The second-order valence-electron chi connectivity index (χ2n) is 3.43. The summed E-state index contributed by atoms with van der Waals surface area (Å²) in [6.07, 6.45) is 9.37. The zero-order valence-corrected chi connectivity index (χ0v) is 10.8. The largest absolute Gasteiger partial charge is 0.0885 e. The van der Waals surface area contributed by atoms with Crippen LogP contribution in [-0.4, -0.2) is 0 Å². The van der Waals surface area contributed by atoms with Crippen molar-refractivity contribution in [2.45, 2.75) is 32.6 Å². The van der Waals surface area contributed by atoms with E-state index in [0.717, 1.165) is 6.42 Å². The smallest absolute Gasteiger partial charge is 0.0130 e. The van der Waals surface area contributed by atoms with E-state index in [2.05, 4.69) is 65.9 Å². The van der Waals surface area contributed by atoms with E-state index < -0.39 is 0 Å². The van der Waals surface area contributed by atoms with Crippen molar-refractivity contribution in [3.63, 3.8) is 0 Å². The van der Waals surface area contributed by atoms with E-state index in [1.165, 1.54) is 28.4 Å². The minimum absolute atomic E-state index is 1.16. The lowest BCUT2D eigenvalue weighted by Gasteiger charge is -1.97. The Labute approximate surface area is 101 Å². The Kier molecular flexibility index (Phi) is 5.92. The molecule has 1 aromatic carbocycles. The normalized spacial score (nSPS) is 11.0. The highest BCUT2D eigenvalue weighted by Crippen LogP contribution is 2.08. The standard InChI is InChI=1S/C13H17I/c1-2-3-4-5-6-7-12-8-10-13(14)11-9-12/h4-5,8-11H,2-3,6-7H2,1H3/b5-4+. The van der Waals surface area contributed by atoms with Gasteiger partial charge in [0.1, 0.15) is 0 Å². The molecule has 0 amide bonds. The summed E-state index contributed by atoms with van der Waals surface area (Å²) in [7, 11) is 0. The minimum Gasteiger partial charge on any atom is -0.0885 e. The molecule has 0 aromatic heterocycles. The Balaban J connectivity index is 2.28. The molecule has 1 aromatic rings. The summed E-state index contributed by atoms with van der Waals surface area (Å²) in [4.78, 5) is 0. The summed E-state index contributed by atoms with van der Waals surface area (Å²) >= 11 is 2.34. The fourth-order valence-corrected chi connectivity index (χ4v) is 1.66. The third kappa shape index (κ3) is 4.80. The maximum atomic E-state index is 2.34. The Morgan fingerprint density at radius 1 is 1.07 bits per heavy atom. The molecular weight excluding hydrogens is 283 g/mol. The third-order valence-corrected chi connectivity index (χ3v) is 2.85. The SMILES string of the molecule is CCC/C=C/CCc1ccc(I)cc1. The van der Waals surface area contributed by atoms with E-state index >= 15 is 0 Å². The lowest BCUT2D eigenvalue weighted by atomic mass is 10.1. The molecule has 0 nitrogen and oxygen atoms in total. The number of halogens is 1. The average Bonchev–Trinajstić information content (AvgIpc) is 2.21. The van der Waals surface area contributed by atoms with Gasteiger partial charge in [0.05, 0.1) is 0 Å². The third-order valence-electron chi connectivity index (χ3n) is 2.13. The van der Waals surface area contributed by atoms with Gasteiger partial charge in [-0.05, 0) is 59.5 Å². The Morgan fingerprint density at radius 3 is 2.36 bits per heavy atom. The molecule has 1 heteroatoms. The first-order valence-electron chi connectivity index (χ1n) is 5.22. The number of rotatable bonds is 5. The minimum atomic E-state index is 1.16. The van der Waals surface area contributed by atoms with Crippen LogP contribution < -0.4 is 0 Å². The van der Waals surface area contributed by atoms with Crippen LogP contribution in [0.5, 0.6) is 0 Å². The Morgan fingerprint density at radius 2 is 1.71 bits per heavy atom. The van der Waals surface area contributed by atoms with Crippen molar-refractivity contribution in [1.29, 1.82) is 0 Å². The fraction of sp³-hybridized carbons (Fsp3) is 0.385. The first-order chi connectivity index (χ1) is 6.83. The summed E-state index contributed by atoms with van der Waals surface area (Å²) in [6, 6.07) is 8.78. The molecule has 0 aliphatic carbocycles. The second kappa shape index (κ2) is 7.04. The van der Waals surface area contributed by atoms with Crippen molar-refractivity contribution in [2.24, 2.45) is 0 Å². The van der Waals surface area contributed by atoms with E-state index in [1.54, 1.807) is 0 Å². The maximum absolute atomic E-state index is 2.34. The summed E-state index contributed by atoms with van der Waals surface area (Å²) in [5.74, 6) is 0. The summed E-state index contributed by atoms with van der Waals surface area (Å²) < 4.78 is 1.31. The van der Waals surface area contributed by atoms with Gasteiger partial charge in [-0.1, -0.05) is 37.6 Å². The van der Waals surface area contributed by atoms with Crippen LogP contribution in [0.25, 0.3) is 0 Å². The molecule has 76 valence electrons. The molecule has 0 N–H and O–H groups in total. The van der Waals surface area contributed by atoms with E-state index in [1.807, 2.05) is 0 Å². The molecule has 0 saturated heterocycles. The Bertz CT molecular complexity index is 272. The van der Waals surface area contributed by atoms with Crippen LogP contribution >= 0.6 is 22.6 Å². The lowest BCUT2D eigenvalue weighted by molar-refractivity contribution is 0.936. The van der Waals surface area contributed by atoms with Crippen LogP contribution in [0.1, 0.15) is 31.7 Å². The maximum Gasteiger partial charge on any atom is 0.0130 e. The van der Waals surface area contributed by atoms with Gasteiger partial charge < -0.3 is 0 Å². The number of hydrogen-bond donors (Lipinski definition) is 0. The zero-order chi connectivity index (χ0) is 10.2. The number of hydrogen-bond acceptors (Lipinski definition) is 0. The van der Waals surface area contributed by atoms with Crippen LogP contribution in [0.15, 0.2) is 36.4 Å².